The summed E-state index contributed by atoms with van der Waals surface area (Å²) in [6.45, 7) is 4.68. The predicted octanol–water partition coefficient (Wildman–Crippen LogP) is 1.67. The van der Waals surface area contributed by atoms with Crippen LogP contribution in [0.1, 0.15) is 18.5 Å². The average molecular weight is 299 g/mol. The highest BCUT2D eigenvalue weighted by Crippen LogP contribution is 2.37. The second kappa shape index (κ2) is 5.68. The number of morpholine rings is 1. The molecule has 0 unspecified atom stereocenters. The lowest BCUT2D eigenvalue weighted by atomic mass is 10.0. The molecule has 2 aromatic rings. The van der Waals surface area contributed by atoms with E-state index in [1.807, 2.05) is 29.3 Å². The number of nitrogens with zero attached hydrogens (tertiary/aromatic N) is 5. The molecule has 0 N–H and O–H groups in total. The molecule has 22 heavy (non-hydrogen) atoms. The minimum absolute atomic E-state index is 0.276. The molecule has 1 saturated carbocycles. The Kier molecular flexibility index (Phi) is 3.54. The van der Waals surface area contributed by atoms with Crippen LogP contribution in [0, 0.1) is 12.8 Å². The number of rotatable bonds is 3. The fraction of sp³-hybridized carbons (Fsp3) is 0.562. The van der Waals surface area contributed by atoms with Crippen LogP contribution in [0.25, 0.3) is 0 Å². The Morgan fingerprint density at radius 2 is 2.27 bits per heavy atom. The fourth-order valence-electron chi connectivity index (χ4n) is 3.81. The quantitative estimate of drug-likeness (QED) is 0.863. The molecular formula is C16H21N5O. The Morgan fingerprint density at radius 1 is 1.32 bits per heavy atom. The number of hydrogen-bond donors (Lipinski definition) is 0. The SMILES string of the molecule is Cc1cnnn1C[C@@H]1CC[C@@H]2[C@H]1OCCN2c1cccnc1. The second-order valence-corrected chi connectivity index (χ2v) is 6.20. The van der Waals surface area contributed by atoms with E-state index in [0.717, 1.165) is 31.8 Å². The molecule has 6 nitrogen and oxygen atoms in total. The maximum atomic E-state index is 6.13. The summed E-state index contributed by atoms with van der Waals surface area (Å²) < 4.78 is 8.13. The molecule has 116 valence electrons. The maximum absolute atomic E-state index is 6.13. The first-order valence-electron chi connectivity index (χ1n) is 7.96. The summed E-state index contributed by atoms with van der Waals surface area (Å²) >= 11 is 0. The van der Waals surface area contributed by atoms with Gasteiger partial charge in [0.2, 0.25) is 0 Å². The van der Waals surface area contributed by atoms with Gasteiger partial charge in [0, 0.05) is 25.2 Å². The van der Waals surface area contributed by atoms with Crippen molar-refractivity contribution < 1.29 is 4.74 Å². The van der Waals surface area contributed by atoms with E-state index < -0.39 is 0 Å². The van der Waals surface area contributed by atoms with Crippen LogP contribution < -0.4 is 4.90 Å². The van der Waals surface area contributed by atoms with Crippen LogP contribution in [0.4, 0.5) is 5.69 Å². The molecule has 0 bridgehead atoms. The lowest BCUT2D eigenvalue weighted by molar-refractivity contribution is -0.00660. The van der Waals surface area contributed by atoms with E-state index in [9.17, 15) is 0 Å². The summed E-state index contributed by atoms with van der Waals surface area (Å²) in [5, 5.41) is 8.17. The van der Waals surface area contributed by atoms with Crippen molar-refractivity contribution in [1.82, 2.24) is 20.0 Å². The molecule has 4 rings (SSSR count). The normalized spacial score (nSPS) is 27.9. The Morgan fingerprint density at radius 3 is 3.05 bits per heavy atom. The van der Waals surface area contributed by atoms with Crippen molar-refractivity contribution in [3.05, 3.63) is 36.4 Å². The lowest BCUT2D eigenvalue weighted by Gasteiger charge is -2.40. The molecule has 1 saturated heterocycles. The summed E-state index contributed by atoms with van der Waals surface area (Å²) in [5.74, 6) is 0.505. The minimum Gasteiger partial charge on any atom is -0.374 e. The van der Waals surface area contributed by atoms with Gasteiger partial charge in [-0.15, -0.1) is 5.10 Å². The van der Waals surface area contributed by atoms with Crippen LogP contribution >= 0.6 is 0 Å². The number of aryl methyl sites for hydroxylation is 1. The number of fused-ring (bicyclic) bond motifs is 1. The van der Waals surface area contributed by atoms with Gasteiger partial charge in [-0.1, -0.05) is 5.21 Å². The summed E-state index contributed by atoms with van der Waals surface area (Å²) in [6, 6.07) is 4.60. The molecule has 3 atom stereocenters. The van der Waals surface area contributed by atoms with Gasteiger partial charge in [-0.25, -0.2) is 4.68 Å². The highest BCUT2D eigenvalue weighted by atomic mass is 16.5. The van der Waals surface area contributed by atoms with Crippen molar-refractivity contribution in [2.75, 3.05) is 18.1 Å². The van der Waals surface area contributed by atoms with Crippen molar-refractivity contribution in [3.8, 4) is 0 Å². The number of aromatic nitrogens is 4. The zero-order chi connectivity index (χ0) is 14.9. The van der Waals surface area contributed by atoms with Gasteiger partial charge in [0.15, 0.2) is 0 Å². The van der Waals surface area contributed by atoms with Crippen molar-refractivity contribution in [2.45, 2.75) is 38.5 Å². The number of ether oxygens (including phenoxy) is 1. The summed E-state index contributed by atoms with van der Waals surface area (Å²) in [4.78, 5) is 6.73. The largest absolute Gasteiger partial charge is 0.374 e. The average Bonchev–Trinajstić information content (AvgIpc) is 3.16. The number of pyridine rings is 1. The maximum Gasteiger partial charge on any atom is 0.0824 e. The van der Waals surface area contributed by atoms with Crippen LogP contribution in [0.3, 0.4) is 0 Å². The number of hydrogen-bond acceptors (Lipinski definition) is 5. The van der Waals surface area contributed by atoms with E-state index >= 15 is 0 Å². The van der Waals surface area contributed by atoms with E-state index in [4.69, 9.17) is 4.74 Å². The van der Waals surface area contributed by atoms with E-state index in [1.165, 1.54) is 12.1 Å². The van der Waals surface area contributed by atoms with Gasteiger partial charge in [-0.2, -0.15) is 0 Å². The van der Waals surface area contributed by atoms with E-state index in [-0.39, 0.29) is 6.10 Å². The van der Waals surface area contributed by atoms with Gasteiger partial charge < -0.3 is 9.64 Å². The van der Waals surface area contributed by atoms with Crippen molar-refractivity contribution in [3.63, 3.8) is 0 Å². The van der Waals surface area contributed by atoms with Gasteiger partial charge in [-0.3, -0.25) is 4.98 Å². The molecule has 2 aromatic heterocycles. The summed E-state index contributed by atoms with van der Waals surface area (Å²) in [7, 11) is 0. The van der Waals surface area contributed by atoms with Gasteiger partial charge in [-0.05, 0) is 31.9 Å². The van der Waals surface area contributed by atoms with E-state index in [1.54, 1.807) is 0 Å². The smallest absolute Gasteiger partial charge is 0.0824 e. The molecule has 0 amide bonds. The molecule has 0 radical (unpaired) electrons. The first-order chi connectivity index (χ1) is 10.8. The van der Waals surface area contributed by atoms with Gasteiger partial charge in [0.1, 0.15) is 0 Å². The minimum atomic E-state index is 0.276. The van der Waals surface area contributed by atoms with Crippen LogP contribution in [0.15, 0.2) is 30.7 Å². The molecule has 1 aliphatic carbocycles. The molecule has 0 spiro atoms. The Balaban J connectivity index is 1.52. The Bertz CT molecular complexity index is 628. The van der Waals surface area contributed by atoms with Crippen LogP contribution in [0.2, 0.25) is 0 Å². The van der Waals surface area contributed by atoms with Gasteiger partial charge in [0.25, 0.3) is 0 Å². The molecule has 6 heteroatoms. The predicted molar refractivity (Wildman–Crippen MR) is 82.6 cm³/mol. The fourth-order valence-corrected chi connectivity index (χ4v) is 3.81. The second-order valence-electron chi connectivity index (χ2n) is 6.20. The van der Waals surface area contributed by atoms with Crippen molar-refractivity contribution >= 4 is 5.69 Å². The molecular weight excluding hydrogens is 278 g/mol. The summed E-state index contributed by atoms with van der Waals surface area (Å²) in [5.41, 5.74) is 2.32. The molecule has 2 fully saturated rings. The summed E-state index contributed by atoms with van der Waals surface area (Å²) in [6.07, 6.45) is 8.21. The van der Waals surface area contributed by atoms with Crippen molar-refractivity contribution in [2.24, 2.45) is 5.92 Å². The zero-order valence-corrected chi connectivity index (χ0v) is 12.8. The number of anilines is 1. The monoisotopic (exact) mass is 299 g/mol. The highest BCUT2D eigenvalue weighted by Gasteiger charge is 2.43. The van der Waals surface area contributed by atoms with Gasteiger partial charge >= 0.3 is 0 Å². The molecule has 3 heterocycles. The van der Waals surface area contributed by atoms with E-state index in [0.29, 0.717) is 12.0 Å². The highest BCUT2D eigenvalue weighted by molar-refractivity contribution is 5.46. The third-order valence-electron chi connectivity index (χ3n) is 4.92. The van der Waals surface area contributed by atoms with E-state index in [2.05, 4.69) is 33.2 Å². The third kappa shape index (κ3) is 2.37. The van der Waals surface area contributed by atoms with Gasteiger partial charge in [0.05, 0.1) is 42.5 Å². The lowest BCUT2D eigenvalue weighted by Crippen LogP contribution is -2.50. The standard InChI is InChI=1S/C16H21N5O/c1-12-9-18-19-21(12)11-13-4-5-15-16(13)22-8-7-20(15)14-3-2-6-17-10-14/h2-3,6,9-10,13,15-16H,4-5,7-8,11H2,1H3/t13-,15+,16-/m0/s1. The first-order valence-corrected chi connectivity index (χ1v) is 7.96. The zero-order valence-electron chi connectivity index (χ0n) is 12.8. The first kappa shape index (κ1) is 13.7. The van der Waals surface area contributed by atoms with Crippen LogP contribution in [-0.2, 0) is 11.3 Å². The molecule has 2 aliphatic rings. The van der Waals surface area contributed by atoms with Crippen molar-refractivity contribution in [1.29, 1.82) is 0 Å². The van der Waals surface area contributed by atoms with Crippen LogP contribution in [0.5, 0.6) is 0 Å². The Hall–Kier alpha value is -1.95. The third-order valence-corrected chi connectivity index (χ3v) is 4.92. The molecule has 0 aromatic carbocycles. The Labute approximate surface area is 130 Å². The topological polar surface area (TPSA) is 56.1 Å². The van der Waals surface area contributed by atoms with Crippen LogP contribution in [-0.4, -0.2) is 45.3 Å². The molecule has 1 aliphatic heterocycles.